The summed E-state index contributed by atoms with van der Waals surface area (Å²) in [6, 6.07) is 15.4. The van der Waals surface area contributed by atoms with E-state index in [-0.39, 0.29) is 5.91 Å². The number of hydrogen-bond donors (Lipinski definition) is 0. The van der Waals surface area contributed by atoms with E-state index in [0.29, 0.717) is 24.9 Å². The summed E-state index contributed by atoms with van der Waals surface area (Å²) in [5.41, 5.74) is 1.82. The Labute approximate surface area is 168 Å². The Morgan fingerprint density at radius 3 is 2.75 bits per heavy atom. The van der Waals surface area contributed by atoms with Crippen LogP contribution in [0, 0.1) is 0 Å². The van der Waals surface area contributed by atoms with Gasteiger partial charge in [-0.3, -0.25) is 9.69 Å². The third kappa shape index (κ3) is 4.86. The zero-order valence-corrected chi connectivity index (χ0v) is 17.1. The van der Waals surface area contributed by atoms with Crippen molar-refractivity contribution in [2.24, 2.45) is 0 Å². The third-order valence-electron chi connectivity index (χ3n) is 4.28. The topological polar surface area (TPSA) is 60.9 Å². The molecule has 3 rings (SSSR count). The van der Waals surface area contributed by atoms with Gasteiger partial charge in [0.15, 0.2) is 5.13 Å². The zero-order chi connectivity index (χ0) is 19.9. The fourth-order valence-electron chi connectivity index (χ4n) is 2.73. The first-order valence-corrected chi connectivity index (χ1v) is 9.84. The zero-order valence-electron chi connectivity index (χ0n) is 16.3. The van der Waals surface area contributed by atoms with E-state index in [1.807, 2.05) is 48.5 Å². The molecule has 148 valence electrons. The van der Waals surface area contributed by atoms with Gasteiger partial charge in [-0.15, -0.1) is 0 Å². The van der Waals surface area contributed by atoms with Crippen molar-refractivity contribution in [3.63, 3.8) is 0 Å². The van der Waals surface area contributed by atoms with Crippen molar-refractivity contribution in [2.45, 2.75) is 19.6 Å². The van der Waals surface area contributed by atoms with E-state index in [4.69, 9.17) is 14.2 Å². The number of nitrogens with zero attached hydrogens (tertiary/aromatic N) is 2. The van der Waals surface area contributed by atoms with Crippen molar-refractivity contribution >= 4 is 32.6 Å². The highest BCUT2D eigenvalue weighted by Gasteiger charge is 2.25. The van der Waals surface area contributed by atoms with Crippen LogP contribution in [0.5, 0.6) is 5.75 Å². The van der Waals surface area contributed by atoms with Crippen LogP contribution in [0.3, 0.4) is 0 Å². The van der Waals surface area contributed by atoms with Gasteiger partial charge in [-0.1, -0.05) is 35.6 Å². The Kier molecular flexibility index (Phi) is 6.97. The summed E-state index contributed by atoms with van der Waals surface area (Å²) in [5.74, 6) is 0.621. The van der Waals surface area contributed by atoms with Crippen LogP contribution in [0.25, 0.3) is 10.2 Å². The fourth-order valence-corrected chi connectivity index (χ4v) is 3.73. The first-order valence-electron chi connectivity index (χ1n) is 9.02. The van der Waals surface area contributed by atoms with Crippen LogP contribution in [-0.2, 0) is 20.9 Å². The highest BCUT2D eigenvalue weighted by atomic mass is 32.1. The van der Waals surface area contributed by atoms with E-state index >= 15 is 0 Å². The van der Waals surface area contributed by atoms with Gasteiger partial charge in [0.2, 0.25) is 0 Å². The summed E-state index contributed by atoms with van der Waals surface area (Å²) in [6.07, 6.45) is -0.616. The Bertz CT molecular complexity index is 894. The molecule has 0 aliphatic rings. The molecule has 0 radical (unpaired) electrons. The number of amides is 1. The van der Waals surface area contributed by atoms with Crippen molar-refractivity contribution in [1.29, 1.82) is 0 Å². The molecule has 0 N–H and O–H groups in total. The predicted molar refractivity (Wildman–Crippen MR) is 111 cm³/mol. The van der Waals surface area contributed by atoms with Gasteiger partial charge in [-0.05, 0) is 36.8 Å². The number of fused-ring (bicyclic) bond motifs is 1. The largest absolute Gasteiger partial charge is 0.497 e. The van der Waals surface area contributed by atoms with Gasteiger partial charge in [0, 0.05) is 7.11 Å². The average molecular weight is 401 g/mol. The molecular weight excluding hydrogens is 376 g/mol. The molecule has 0 aliphatic heterocycles. The number of carbonyl (C=O) groups is 1. The number of aromatic nitrogens is 1. The fraction of sp³-hybridized carbons (Fsp3) is 0.333. The van der Waals surface area contributed by atoms with E-state index < -0.39 is 6.10 Å². The smallest absolute Gasteiger partial charge is 0.257 e. The number of anilines is 1. The number of rotatable bonds is 9. The van der Waals surface area contributed by atoms with Crippen molar-refractivity contribution in [1.82, 2.24) is 4.98 Å². The molecule has 0 spiro atoms. The summed E-state index contributed by atoms with van der Waals surface area (Å²) in [6.45, 7) is 2.92. The summed E-state index contributed by atoms with van der Waals surface area (Å²) < 4.78 is 17.3. The van der Waals surface area contributed by atoms with Gasteiger partial charge in [0.1, 0.15) is 11.9 Å². The highest BCUT2D eigenvalue weighted by Crippen LogP contribution is 2.29. The molecule has 0 saturated heterocycles. The highest BCUT2D eigenvalue weighted by molar-refractivity contribution is 7.22. The van der Waals surface area contributed by atoms with Crippen LogP contribution in [0.15, 0.2) is 48.5 Å². The lowest BCUT2D eigenvalue weighted by atomic mass is 10.2. The SMILES string of the molecule is COCCN(C(=O)C(C)OCc1cccc(OC)c1)c1nc2ccccc2s1. The summed E-state index contributed by atoms with van der Waals surface area (Å²) in [4.78, 5) is 19.3. The van der Waals surface area contributed by atoms with Gasteiger partial charge in [-0.25, -0.2) is 4.98 Å². The molecule has 2 aromatic carbocycles. The van der Waals surface area contributed by atoms with Gasteiger partial charge in [0.05, 0.1) is 37.1 Å². The first kappa shape index (κ1) is 20.3. The number of para-hydroxylation sites is 1. The molecule has 1 heterocycles. The maximum Gasteiger partial charge on any atom is 0.257 e. The molecule has 1 amide bonds. The van der Waals surface area contributed by atoms with Gasteiger partial charge >= 0.3 is 0 Å². The van der Waals surface area contributed by atoms with Crippen LogP contribution in [0.2, 0.25) is 0 Å². The molecule has 0 saturated carbocycles. The number of methoxy groups -OCH3 is 2. The van der Waals surface area contributed by atoms with Crippen LogP contribution >= 0.6 is 11.3 Å². The molecule has 0 aliphatic carbocycles. The molecule has 7 heteroatoms. The monoisotopic (exact) mass is 400 g/mol. The second-order valence-electron chi connectivity index (χ2n) is 6.25. The second-order valence-corrected chi connectivity index (χ2v) is 7.26. The van der Waals surface area contributed by atoms with Crippen LogP contribution < -0.4 is 9.64 Å². The van der Waals surface area contributed by atoms with E-state index in [1.165, 1.54) is 11.3 Å². The van der Waals surface area contributed by atoms with Gasteiger partial charge in [0.25, 0.3) is 5.91 Å². The molecule has 1 unspecified atom stereocenters. The molecule has 3 aromatic rings. The van der Waals surface area contributed by atoms with E-state index in [0.717, 1.165) is 21.5 Å². The molecular formula is C21H24N2O4S. The number of benzene rings is 2. The standard InChI is InChI=1S/C21H24N2O4S/c1-15(27-14-16-7-6-8-17(13-16)26-3)20(24)23(11-12-25-2)21-22-18-9-4-5-10-19(18)28-21/h4-10,13,15H,11-12,14H2,1-3H3. The Balaban J connectivity index is 1.72. The lowest BCUT2D eigenvalue weighted by molar-refractivity contribution is -0.129. The minimum absolute atomic E-state index is 0.140. The number of carbonyl (C=O) groups excluding carboxylic acids is 1. The minimum atomic E-state index is -0.616. The summed E-state index contributed by atoms with van der Waals surface area (Å²) in [5, 5.41) is 0.653. The number of thiazole rings is 1. The third-order valence-corrected chi connectivity index (χ3v) is 5.34. The van der Waals surface area contributed by atoms with Crippen molar-refractivity contribution in [3.8, 4) is 5.75 Å². The normalized spacial score (nSPS) is 12.1. The maximum atomic E-state index is 13.1. The molecule has 1 atom stereocenters. The number of hydrogen-bond acceptors (Lipinski definition) is 6. The molecule has 6 nitrogen and oxygen atoms in total. The lowest BCUT2D eigenvalue weighted by Crippen LogP contribution is -2.41. The van der Waals surface area contributed by atoms with E-state index in [1.54, 1.807) is 26.0 Å². The number of ether oxygens (including phenoxy) is 3. The average Bonchev–Trinajstić information content (AvgIpc) is 3.16. The predicted octanol–water partition coefficient (Wildman–Crippen LogP) is 3.89. The molecule has 28 heavy (non-hydrogen) atoms. The van der Waals surface area contributed by atoms with Crippen molar-refractivity contribution in [2.75, 3.05) is 32.3 Å². The van der Waals surface area contributed by atoms with E-state index in [2.05, 4.69) is 4.98 Å². The first-order chi connectivity index (χ1) is 13.6. The van der Waals surface area contributed by atoms with Crippen LogP contribution in [-0.4, -0.2) is 44.4 Å². The van der Waals surface area contributed by atoms with Crippen molar-refractivity contribution in [3.05, 3.63) is 54.1 Å². The summed E-state index contributed by atoms with van der Waals surface area (Å²) in [7, 11) is 3.24. The van der Waals surface area contributed by atoms with E-state index in [9.17, 15) is 4.79 Å². The summed E-state index contributed by atoms with van der Waals surface area (Å²) >= 11 is 1.49. The quantitative estimate of drug-likeness (QED) is 0.545. The minimum Gasteiger partial charge on any atom is -0.497 e. The van der Waals surface area contributed by atoms with Gasteiger partial charge in [-0.2, -0.15) is 0 Å². The molecule has 0 bridgehead atoms. The molecule has 0 fully saturated rings. The second kappa shape index (κ2) is 9.64. The lowest BCUT2D eigenvalue weighted by Gasteiger charge is -2.23. The Morgan fingerprint density at radius 2 is 2.00 bits per heavy atom. The maximum absolute atomic E-state index is 13.1. The van der Waals surface area contributed by atoms with Gasteiger partial charge < -0.3 is 14.2 Å². The Hall–Kier alpha value is -2.48. The van der Waals surface area contributed by atoms with Crippen LogP contribution in [0.4, 0.5) is 5.13 Å². The molecule has 1 aromatic heterocycles. The van der Waals surface area contributed by atoms with Crippen LogP contribution in [0.1, 0.15) is 12.5 Å². The van der Waals surface area contributed by atoms with Crippen molar-refractivity contribution < 1.29 is 19.0 Å². The Morgan fingerprint density at radius 1 is 1.18 bits per heavy atom.